The quantitative estimate of drug-likeness (QED) is 0.177. The number of nitrogens with zero attached hydrogens (tertiary/aromatic N) is 7. The van der Waals surface area contributed by atoms with E-state index < -0.39 is 0 Å². The molecule has 2 aliphatic heterocycles. The summed E-state index contributed by atoms with van der Waals surface area (Å²) in [6.45, 7) is 8.95. The van der Waals surface area contributed by atoms with Crippen LogP contribution in [0.5, 0.6) is 0 Å². The number of hydrogen-bond acceptors (Lipinski definition) is 10. The third-order valence-electron chi connectivity index (χ3n) is 10.5. The van der Waals surface area contributed by atoms with Crippen molar-refractivity contribution in [3.05, 3.63) is 95.4 Å². The molecule has 11 nitrogen and oxygen atoms in total. The summed E-state index contributed by atoms with van der Waals surface area (Å²) in [5.41, 5.74) is 10.4. The number of anilines is 2. The number of nitrogens with one attached hydrogen (secondary N) is 1. The Bertz CT molecular complexity index is 2280. The summed E-state index contributed by atoms with van der Waals surface area (Å²) >= 11 is 0. The number of aromatic nitrogens is 4. The summed E-state index contributed by atoms with van der Waals surface area (Å²) in [7, 11) is 3.64. The third kappa shape index (κ3) is 6.74. The second-order valence-electron chi connectivity index (χ2n) is 14.5. The summed E-state index contributed by atoms with van der Waals surface area (Å²) in [5.74, 6) is 1.48. The van der Waals surface area contributed by atoms with Crippen molar-refractivity contribution >= 4 is 39.5 Å². The molecule has 11 heteroatoms. The summed E-state index contributed by atoms with van der Waals surface area (Å²) in [4.78, 5) is 37.7. The average Bonchev–Trinajstić information content (AvgIpc) is 3.89. The van der Waals surface area contributed by atoms with Crippen LogP contribution in [0.25, 0.3) is 44.7 Å². The Morgan fingerprint density at radius 2 is 1.60 bits per heavy atom. The molecule has 0 radical (unpaired) electrons. The van der Waals surface area contributed by atoms with Crippen LogP contribution >= 0.6 is 0 Å². The van der Waals surface area contributed by atoms with E-state index in [4.69, 9.17) is 14.4 Å². The number of carbonyl (C=O) groups excluding carboxylic acids is 1. The van der Waals surface area contributed by atoms with E-state index in [2.05, 4.69) is 69.3 Å². The van der Waals surface area contributed by atoms with Crippen LogP contribution in [-0.4, -0.2) is 92.0 Å². The van der Waals surface area contributed by atoms with Crippen molar-refractivity contribution in [2.75, 3.05) is 45.6 Å². The Balaban J connectivity index is 1.02. The number of likely N-dealkylation sites (tertiary alicyclic amines) is 2. The van der Waals surface area contributed by atoms with Gasteiger partial charge in [-0.15, -0.1) is 0 Å². The summed E-state index contributed by atoms with van der Waals surface area (Å²) in [6.07, 6.45) is 7.03. The Labute approximate surface area is 303 Å². The molecule has 4 aromatic heterocycles. The Kier molecular flexibility index (Phi) is 9.16. The number of benzene rings is 2. The lowest BCUT2D eigenvalue weighted by Crippen LogP contribution is -2.31. The van der Waals surface area contributed by atoms with Crippen LogP contribution < -0.4 is 5.32 Å². The first-order chi connectivity index (χ1) is 25.2. The van der Waals surface area contributed by atoms with Gasteiger partial charge in [-0.05, 0) is 96.9 Å². The number of fused-ring (bicyclic) bond motifs is 2. The van der Waals surface area contributed by atoms with Crippen LogP contribution in [0.4, 0.5) is 11.5 Å². The molecule has 2 atom stereocenters. The zero-order valence-corrected chi connectivity index (χ0v) is 30.1. The molecule has 2 saturated heterocycles. The van der Waals surface area contributed by atoms with E-state index >= 15 is 0 Å². The topological polar surface area (TPSA) is 124 Å². The number of aliphatic hydroxyl groups is 1. The standard InChI is InChI=1S/C41H44N8O3/c1-25-32(7-5-9-34(25)39-46-36-18-28(20-44-40(36)52-39)22-48-15-12-30(23-48)41(51)47(3)4)33-8-6-10-35(26(33)2)45-38-37-29(11-14-42-38)17-27(19-43-37)21-49-16-13-31(50)24-49/h5-11,14,17-20,30-31,50H,12-13,15-16,21-24H2,1-4H3,(H,42,45)/t30-,31+/m1/s1. The van der Waals surface area contributed by atoms with Crippen LogP contribution in [0, 0.1) is 19.8 Å². The van der Waals surface area contributed by atoms with Crippen LogP contribution in [0.1, 0.15) is 35.1 Å². The zero-order chi connectivity index (χ0) is 35.9. The number of carbonyl (C=O) groups is 1. The van der Waals surface area contributed by atoms with Gasteiger partial charge in [-0.25, -0.2) is 15.0 Å². The number of aliphatic hydroxyl groups excluding tert-OH is 1. The molecule has 2 aliphatic rings. The normalized spacial score (nSPS) is 18.1. The van der Waals surface area contributed by atoms with Crippen molar-refractivity contribution < 1.29 is 14.3 Å². The van der Waals surface area contributed by atoms with Crippen LogP contribution in [0.2, 0.25) is 0 Å². The van der Waals surface area contributed by atoms with E-state index in [9.17, 15) is 9.90 Å². The highest BCUT2D eigenvalue weighted by atomic mass is 16.4. The first-order valence-corrected chi connectivity index (χ1v) is 18.0. The maximum Gasteiger partial charge on any atom is 0.247 e. The number of oxazole rings is 1. The van der Waals surface area contributed by atoms with E-state index in [1.54, 1.807) is 4.90 Å². The Morgan fingerprint density at radius 3 is 2.38 bits per heavy atom. The molecule has 6 heterocycles. The van der Waals surface area contributed by atoms with Gasteiger partial charge in [-0.2, -0.15) is 0 Å². The molecule has 0 spiro atoms. The lowest BCUT2D eigenvalue weighted by Gasteiger charge is -2.18. The Hall–Kier alpha value is -5.23. The number of amides is 1. The molecule has 0 bridgehead atoms. The highest BCUT2D eigenvalue weighted by Crippen LogP contribution is 2.37. The summed E-state index contributed by atoms with van der Waals surface area (Å²) in [6, 6.07) is 18.7. The molecule has 6 aromatic rings. The van der Waals surface area contributed by atoms with E-state index in [0.717, 1.165) is 107 Å². The maximum atomic E-state index is 12.5. The van der Waals surface area contributed by atoms with Gasteiger partial charge in [0.05, 0.1) is 12.0 Å². The van der Waals surface area contributed by atoms with Crippen LogP contribution in [-0.2, 0) is 17.9 Å². The second kappa shape index (κ2) is 14.1. The van der Waals surface area contributed by atoms with Crippen molar-refractivity contribution in [1.82, 2.24) is 34.6 Å². The van der Waals surface area contributed by atoms with Crippen molar-refractivity contribution in [1.29, 1.82) is 0 Å². The monoisotopic (exact) mass is 696 g/mol. The molecule has 1 amide bonds. The summed E-state index contributed by atoms with van der Waals surface area (Å²) in [5, 5.41) is 14.5. The Morgan fingerprint density at radius 1 is 0.885 bits per heavy atom. The van der Waals surface area contributed by atoms with Gasteiger partial charge in [0.25, 0.3) is 0 Å². The van der Waals surface area contributed by atoms with Gasteiger partial charge in [0.1, 0.15) is 11.0 Å². The van der Waals surface area contributed by atoms with Gasteiger partial charge in [0.2, 0.25) is 17.5 Å². The van der Waals surface area contributed by atoms with E-state index in [0.29, 0.717) is 24.0 Å². The number of hydrogen-bond donors (Lipinski definition) is 2. The minimum absolute atomic E-state index is 0.0447. The molecule has 0 unspecified atom stereocenters. The van der Waals surface area contributed by atoms with Gasteiger partial charge >= 0.3 is 0 Å². The zero-order valence-electron chi connectivity index (χ0n) is 30.1. The molecular weight excluding hydrogens is 653 g/mol. The maximum absolute atomic E-state index is 12.5. The van der Waals surface area contributed by atoms with Gasteiger partial charge in [0.15, 0.2) is 5.82 Å². The van der Waals surface area contributed by atoms with Gasteiger partial charge in [-0.1, -0.05) is 24.3 Å². The highest BCUT2D eigenvalue weighted by molar-refractivity contribution is 5.91. The highest BCUT2D eigenvalue weighted by Gasteiger charge is 2.29. The van der Waals surface area contributed by atoms with Crippen molar-refractivity contribution in [3.63, 3.8) is 0 Å². The minimum Gasteiger partial charge on any atom is -0.418 e. The van der Waals surface area contributed by atoms with Gasteiger partial charge in [-0.3, -0.25) is 19.6 Å². The lowest BCUT2D eigenvalue weighted by atomic mass is 9.93. The predicted octanol–water partition coefficient (Wildman–Crippen LogP) is 6.34. The molecule has 8 rings (SSSR count). The SMILES string of the molecule is Cc1c(Nc2nccc3cc(CN4CC[C@H](O)C4)cnc23)cccc1-c1cccc(-c2nc3cc(CN4CC[C@@H](C(=O)N(C)C)C4)cnc3o2)c1C. The summed E-state index contributed by atoms with van der Waals surface area (Å²) < 4.78 is 6.22. The molecule has 2 N–H and O–H groups in total. The lowest BCUT2D eigenvalue weighted by molar-refractivity contribution is -0.132. The van der Waals surface area contributed by atoms with E-state index in [1.807, 2.05) is 57.0 Å². The molecule has 0 aliphatic carbocycles. The molecular formula is C41H44N8O3. The van der Waals surface area contributed by atoms with E-state index in [1.165, 1.54) is 0 Å². The molecule has 0 saturated carbocycles. The number of β-amino-alcohol motifs (C(OH)–C–C–N with tert-alkyl or cyclic N) is 1. The van der Waals surface area contributed by atoms with Gasteiger partial charge in [0, 0.05) is 82.0 Å². The van der Waals surface area contributed by atoms with Crippen molar-refractivity contribution in [2.24, 2.45) is 5.92 Å². The first-order valence-electron chi connectivity index (χ1n) is 18.0. The fourth-order valence-electron chi connectivity index (χ4n) is 7.71. The number of rotatable bonds is 9. The van der Waals surface area contributed by atoms with Crippen LogP contribution in [0.3, 0.4) is 0 Å². The average molecular weight is 697 g/mol. The first kappa shape index (κ1) is 33.9. The molecule has 2 fully saturated rings. The molecule has 2 aromatic carbocycles. The van der Waals surface area contributed by atoms with Crippen molar-refractivity contribution in [3.8, 4) is 22.6 Å². The second-order valence-corrected chi connectivity index (χ2v) is 14.5. The predicted molar refractivity (Wildman–Crippen MR) is 203 cm³/mol. The fourth-order valence-corrected chi connectivity index (χ4v) is 7.71. The smallest absolute Gasteiger partial charge is 0.247 e. The number of pyridine rings is 3. The van der Waals surface area contributed by atoms with Gasteiger partial charge < -0.3 is 19.7 Å². The largest absolute Gasteiger partial charge is 0.418 e. The molecule has 266 valence electrons. The van der Waals surface area contributed by atoms with Crippen molar-refractivity contribution in [2.45, 2.75) is 45.9 Å². The van der Waals surface area contributed by atoms with Crippen LogP contribution in [0.15, 0.2) is 77.6 Å². The minimum atomic E-state index is -0.241. The van der Waals surface area contributed by atoms with E-state index in [-0.39, 0.29) is 17.9 Å². The fraction of sp³-hybridized carbons (Fsp3) is 0.341. The third-order valence-corrected chi connectivity index (χ3v) is 10.5. The molecule has 52 heavy (non-hydrogen) atoms.